The topological polar surface area (TPSA) is 94.6 Å². The quantitative estimate of drug-likeness (QED) is 0.478. The molecule has 0 aliphatic rings. The summed E-state index contributed by atoms with van der Waals surface area (Å²) in [7, 11) is -2.64. The maximum absolute atomic E-state index is 12.5. The van der Waals surface area contributed by atoms with Crippen molar-refractivity contribution in [3.05, 3.63) is 52.3 Å². The van der Waals surface area contributed by atoms with E-state index in [1.54, 1.807) is 20.8 Å². The summed E-state index contributed by atoms with van der Waals surface area (Å²) in [5.74, 6) is 0.0153. The number of rotatable bonds is 9. The molecule has 2 aromatic rings. The maximum Gasteiger partial charge on any atom is 0.407 e. The molecule has 1 amide bonds. The summed E-state index contributed by atoms with van der Waals surface area (Å²) in [6.07, 6.45) is 0.718. The van der Waals surface area contributed by atoms with Gasteiger partial charge in [-0.15, -0.1) is 0 Å². The average molecular weight is 491 g/mol. The summed E-state index contributed by atoms with van der Waals surface area (Å²) in [6.45, 7) is 13.7. The van der Waals surface area contributed by atoms with E-state index < -0.39 is 21.8 Å². The smallest absolute Gasteiger partial charge is 0.407 e. The third-order valence-electron chi connectivity index (χ3n) is 5.23. The van der Waals surface area contributed by atoms with Crippen LogP contribution >= 0.6 is 0 Å². The van der Waals surface area contributed by atoms with Crippen molar-refractivity contribution >= 4 is 16.2 Å². The first-order chi connectivity index (χ1) is 15.8. The summed E-state index contributed by atoms with van der Waals surface area (Å²) >= 11 is 0. The Balaban J connectivity index is 2.77. The Labute approximate surface area is 204 Å². The zero-order valence-corrected chi connectivity index (χ0v) is 22.4. The molecule has 0 bridgehead atoms. The highest BCUT2D eigenvalue weighted by atomic mass is 32.2. The van der Waals surface area contributed by atoms with Gasteiger partial charge in [0.1, 0.15) is 11.4 Å². The van der Waals surface area contributed by atoms with Crippen molar-refractivity contribution in [2.45, 2.75) is 79.2 Å². The molecular formula is C26H38N2O5S. The van der Waals surface area contributed by atoms with Gasteiger partial charge in [0.05, 0.1) is 7.11 Å². The second-order valence-electron chi connectivity index (χ2n) is 9.88. The third-order valence-corrected chi connectivity index (χ3v) is 6.38. The Kier molecular flexibility index (Phi) is 9.25. The maximum atomic E-state index is 12.5. The van der Waals surface area contributed by atoms with Crippen LogP contribution in [0.5, 0.6) is 0 Å². The lowest BCUT2D eigenvalue weighted by Crippen LogP contribution is -2.32. The van der Waals surface area contributed by atoms with Crippen LogP contribution in [0, 0.1) is 12.8 Å². The Bertz CT molecular complexity index is 1100. The number of aromatic nitrogens is 1. The summed E-state index contributed by atoms with van der Waals surface area (Å²) in [6, 6.07) is 7.93. The zero-order valence-electron chi connectivity index (χ0n) is 21.6. The minimum atomic E-state index is -3.80. The van der Waals surface area contributed by atoms with E-state index in [0.29, 0.717) is 30.0 Å². The third kappa shape index (κ3) is 7.81. The fraction of sp³-hybridized carbons (Fsp3) is 0.538. The van der Waals surface area contributed by atoms with Crippen molar-refractivity contribution in [1.82, 2.24) is 10.3 Å². The van der Waals surface area contributed by atoms with Gasteiger partial charge in [0.25, 0.3) is 10.1 Å². The van der Waals surface area contributed by atoms with E-state index in [2.05, 4.69) is 19.2 Å². The molecule has 0 saturated heterocycles. The molecule has 1 aromatic carbocycles. The van der Waals surface area contributed by atoms with Crippen LogP contribution in [0.2, 0.25) is 0 Å². The number of carbonyl (C=O) groups excluding carboxylic acids is 1. The molecule has 0 spiro atoms. The molecule has 1 aromatic heterocycles. The van der Waals surface area contributed by atoms with Crippen LogP contribution < -0.4 is 5.32 Å². The zero-order chi connectivity index (χ0) is 25.7. The summed E-state index contributed by atoms with van der Waals surface area (Å²) < 4.78 is 35.3. The standard InChI is InChI=1S/C26H38N2O5S/c1-9-22-21(16-34(30,31)32-8)24(19-12-10-18(4)11-13-19)20(23(28-22)14-17(2)3)15-27-25(29)33-26(5,6)7/h10-13,17H,9,14-16H2,1-8H3,(H,27,29). The number of ether oxygens (including phenoxy) is 1. The number of benzene rings is 1. The van der Waals surface area contributed by atoms with Crippen LogP contribution in [0.3, 0.4) is 0 Å². The van der Waals surface area contributed by atoms with Crippen LogP contribution in [-0.2, 0) is 44.2 Å². The number of hydrogen-bond donors (Lipinski definition) is 1. The second-order valence-corrected chi connectivity index (χ2v) is 11.6. The molecule has 0 radical (unpaired) electrons. The number of aryl methyl sites for hydroxylation is 2. The number of alkyl carbamates (subject to hydrolysis) is 1. The van der Waals surface area contributed by atoms with Gasteiger partial charge in [-0.3, -0.25) is 9.17 Å². The number of nitrogens with one attached hydrogen (secondary N) is 1. The number of amides is 1. The Morgan fingerprint density at radius 1 is 1.09 bits per heavy atom. The van der Waals surface area contributed by atoms with Crippen LogP contribution in [0.1, 0.15) is 69.6 Å². The molecule has 7 nitrogen and oxygen atoms in total. The Morgan fingerprint density at radius 3 is 2.21 bits per heavy atom. The fourth-order valence-corrected chi connectivity index (χ4v) is 4.52. The SMILES string of the molecule is CCc1nc(CC(C)C)c(CNC(=O)OC(C)(C)C)c(-c2ccc(C)cc2)c1CS(=O)(=O)OC. The molecule has 0 atom stereocenters. The van der Waals surface area contributed by atoms with Gasteiger partial charge in [-0.25, -0.2) is 4.79 Å². The highest BCUT2D eigenvalue weighted by molar-refractivity contribution is 7.85. The first-order valence-corrected chi connectivity index (χ1v) is 13.2. The largest absolute Gasteiger partial charge is 0.444 e. The van der Waals surface area contributed by atoms with E-state index >= 15 is 0 Å². The van der Waals surface area contributed by atoms with Crippen molar-refractivity contribution in [1.29, 1.82) is 0 Å². The average Bonchev–Trinajstić information content (AvgIpc) is 2.72. The minimum Gasteiger partial charge on any atom is -0.444 e. The van der Waals surface area contributed by atoms with Crippen molar-refractivity contribution in [2.24, 2.45) is 5.92 Å². The van der Waals surface area contributed by atoms with Crippen molar-refractivity contribution < 1.29 is 22.1 Å². The first-order valence-electron chi connectivity index (χ1n) is 11.6. The van der Waals surface area contributed by atoms with Gasteiger partial charge in [0, 0.05) is 23.5 Å². The summed E-state index contributed by atoms with van der Waals surface area (Å²) in [5.41, 5.74) is 5.06. The molecule has 0 saturated carbocycles. The fourth-order valence-electron chi connectivity index (χ4n) is 3.74. The number of hydrogen-bond acceptors (Lipinski definition) is 6. The predicted octanol–water partition coefficient (Wildman–Crippen LogP) is 5.32. The van der Waals surface area contributed by atoms with E-state index in [0.717, 1.165) is 35.1 Å². The first kappa shape index (κ1) is 27.8. The second kappa shape index (κ2) is 11.3. The van der Waals surface area contributed by atoms with Gasteiger partial charge in [-0.2, -0.15) is 8.42 Å². The van der Waals surface area contributed by atoms with E-state index in [9.17, 15) is 13.2 Å². The van der Waals surface area contributed by atoms with E-state index in [4.69, 9.17) is 13.9 Å². The normalized spacial score (nSPS) is 12.1. The van der Waals surface area contributed by atoms with Crippen LogP contribution in [0.25, 0.3) is 11.1 Å². The number of nitrogens with zero attached hydrogens (tertiary/aromatic N) is 1. The van der Waals surface area contributed by atoms with Crippen molar-refractivity contribution in [2.75, 3.05) is 7.11 Å². The molecule has 0 aliphatic carbocycles. The monoisotopic (exact) mass is 490 g/mol. The molecular weight excluding hydrogens is 452 g/mol. The lowest BCUT2D eigenvalue weighted by Gasteiger charge is -2.24. The molecule has 1 N–H and O–H groups in total. The molecule has 0 aliphatic heterocycles. The van der Waals surface area contributed by atoms with Crippen LogP contribution in [0.4, 0.5) is 4.79 Å². The lowest BCUT2D eigenvalue weighted by atomic mass is 9.89. The summed E-state index contributed by atoms with van der Waals surface area (Å²) in [4.78, 5) is 17.4. The van der Waals surface area contributed by atoms with Crippen LogP contribution in [-0.4, -0.2) is 32.2 Å². The Morgan fingerprint density at radius 2 is 1.71 bits per heavy atom. The number of pyridine rings is 1. The highest BCUT2D eigenvalue weighted by Gasteiger charge is 2.25. The van der Waals surface area contributed by atoms with E-state index in [-0.39, 0.29) is 12.3 Å². The van der Waals surface area contributed by atoms with Gasteiger partial charge >= 0.3 is 6.09 Å². The van der Waals surface area contributed by atoms with Gasteiger partial charge in [0.15, 0.2) is 0 Å². The lowest BCUT2D eigenvalue weighted by molar-refractivity contribution is 0.0523. The molecule has 0 fully saturated rings. The summed E-state index contributed by atoms with van der Waals surface area (Å²) in [5, 5.41) is 2.85. The van der Waals surface area contributed by atoms with Gasteiger partial charge < -0.3 is 10.1 Å². The predicted molar refractivity (Wildman–Crippen MR) is 135 cm³/mol. The van der Waals surface area contributed by atoms with Crippen molar-refractivity contribution in [3.63, 3.8) is 0 Å². The molecule has 0 unspecified atom stereocenters. The van der Waals surface area contributed by atoms with Crippen molar-refractivity contribution in [3.8, 4) is 11.1 Å². The molecule has 34 heavy (non-hydrogen) atoms. The Hall–Kier alpha value is -2.45. The van der Waals surface area contributed by atoms with Gasteiger partial charge in [0.2, 0.25) is 0 Å². The molecule has 188 valence electrons. The van der Waals surface area contributed by atoms with Crippen LogP contribution in [0.15, 0.2) is 24.3 Å². The van der Waals surface area contributed by atoms with E-state index in [1.807, 2.05) is 38.1 Å². The van der Waals surface area contributed by atoms with Gasteiger partial charge in [-0.1, -0.05) is 50.6 Å². The minimum absolute atomic E-state index is 0.164. The van der Waals surface area contributed by atoms with E-state index in [1.165, 1.54) is 0 Å². The highest BCUT2D eigenvalue weighted by Crippen LogP contribution is 2.34. The number of carbonyl (C=O) groups is 1. The molecule has 8 heteroatoms. The molecule has 2 rings (SSSR count). The molecule has 1 heterocycles. The van der Waals surface area contributed by atoms with Gasteiger partial charge in [-0.05, 0) is 63.1 Å².